The molecule has 0 radical (unpaired) electrons. The molecule has 7 nitrogen and oxygen atoms in total. The number of hydrogen-bond donors (Lipinski definition) is 2. The summed E-state index contributed by atoms with van der Waals surface area (Å²) in [5, 5.41) is 22.8. The molecule has 0 aromatic heterocycles. The van der Waals surface area contributed by atoms with E-state index >= 15 is 0 Å². The van der Waals surface area contributed by atoms with Crippen LogP contribution >= 0.6 is 0 Å². The molecular weight excluding hydrogens is 400 g/mol. The molecule has 4 fully saturated rings. The number of rotatable bonds is 2. The van der Waals surface area contributed by atoms with E-state index in [1.54, 1.807) is 0 Å². The van der Waals surface area contributed by atoms with Crippen molar-refractivity contribution >= 4 is 17.7 Å². The zero-order valence-electron chi connectivity index (χ0n) is 19.0. The first kappa shape index (κ1) is 22.5. The lowest BCUT2D eigenvalue weighted by Gasteiger charge is -2.67. The maximum atomic E-state index is 13.6. The fraction of sp³-hybridized carbons (Fsp3) is 0.792. The lowest BCUT2D eigenvalue weighted by molar-refractivity contribution is -0.279. The predicted molar refractivity (Wildman–Crippen MR) is 111 cm³/mol. The third-order valence-electron chi connectivity index (χ3n) is 9.12. The molecule has 0 aromatic rings. The molecule has 172 valence electrons. The number of carbonyl (C=O) groups excluding carboxylic acids is 3. The van der Waals surface area contributed by atoms with Crippen molar-refractivity contribution in [2.45, 2.75) is 84.7 Å². The van der Waals surface area contributed by atoms with Gasteiger partial charge in [0.2, 0.25) is 0 Å². The van der Waals surface area contributed by atoms with E-state index in [1.807, 2.05) is 6.92 Å². The van der Waals surface area contributed by atoms with Gasteiger partial charge in [-0.3, -0.25) is 14.4 Å². The number of ketones is 1. The number of aliphatic hydroxyl groups is 2. The first-order chi connectivity index (χ1) is 14.3. The van der Waals surface area contributed by atoms with Gasteiger partial charge in [0.1, 0.15) is 12.2 Å². The summed E-state index contributed by atoms with van der Waals surface area (Å²) in [7, 11) is 0. The number of fused-ring (bicyclic) bond motifs is 3. The van der Waals surface area contributed by atoms with Gasteiger partial charge in [-0.1, -0.05) is 27.4 Å². The first-order valence-electron chi connectivity index (χ1n) is 11.2. The number of ether oxygens (including phenoxy) is 2. The Morgan fingerprint density at radius 2 is 1.68 bits per heavy atom. The molecule has 0 aliphatic heterocycles. The smallest absolute Gasteiger partial charge is 0.302 e. The summed E-state index contributed by atoms with van der Waals surface area (Å²) >= 11 is 0. The molecule has 2 bridgehead atoms. The average Bonchev–Trinajstić information content (AvgIpc) is 2.76. The third kappa shape index (κ3) is 2.75. The van der Waals surface area contributed by atoms with E-state index in [0.29, 0.717) is 12.8 Å². The minimum Gasteiger partial charge on any atom is -0.462 e. The van der Waals surface area contributed by atoms with E-state index in [2.05, 4.69) is 20.4 Å². The van der Waals surface area contributed by atoms with E-state index in [1.165, 1.54) is 13.8 Å². The molecule has 0 amide bonds. The maximum absolute atomic E-state index is 13.6. The summed E-state index contributed by atoms with van der Waals surface area (Å²) < 4.78 is 11.6. The van der Waals surface area contributed by atoms with Crippen LogP contribution in [0.3, 0.4) is 0 Å². The average molecular weight is 435 g/mol. The monoisotopic (exact) mass is 434 g/mol. The molecule has 0 unspecified atom stereocenters. The van der Waals surface area contributed by atoms with Crippen molar-refractivity contribution < 1.29 is 34.1 Å². The molecule has 4 rings (SSSR count). The van der Waals surface area contributed by atoms with Gasteiger partial charge in [-0.15, -0.1) is 0 Å². The van der Waals surface area contributed by atoms with Crippen LogP contribution in [-0.2, 0) is 23.9 Å². The van der Waals surface area contributed by atoms with Crippen LogP contribution in [0.4, 0.5) is 0 Å². The van der Waals surface area contributed by atoms with E-state index in [-0.39, 0.29) is 29.1 Å². The number of hydrogen-bond acceptors (Lipinski definition) is 7. The molecule has 4 saturated carbocycles. The normalized spacial score (nSPS) is 47.9. The molecule has 0 aromatic carbocycles. The number of aliphatic hydroxyl groups excluding tert-OH is 2. The van der Waals surface area contributed by atoms with Crippen LogP contribution in [0.1, 0.15) is 60.3 Å². The van der Waals surface area contributed by atoms with Crippen LogP contribution in [0.2, 0.25) is 0 Å². The Kier molecular flexibility index (Phi) is 4.99. The summed E-state index contributed by atoms with van der Waals surface area (Å²) in [5.74, 6) is -2.60. The molecule has 7 heteroatoms. The van der Waals surface area contributed by atoms with Crippen molar-refractivity contribution in [1.29, 1.82) is 0 Å². The first-order valence-corrected chi connectivity index (χ1v) is 11.2. The van der Waals surface area contributed by atoms with E-state index < -0.39 is 59.0 Å². The molecular formula is C24H34O7. The van der Waals surface area contributed by atoms with Gasteiger partial charge in [-0.2, -0.15) is 0 Å². The van der Waals surface area contributed by atoms with Gasteiger partial charge in [0.15, 0.2) is 5.78 Å². The van der Waals surface area contributed by atoms with Gasteiger partial charge in [-0.25, -0.2) is 0 Å². The van der Waals surface area contributed by atoms with Gasteiger partial charge < -0.3 is 19.7 Å². The van der Waals surface area contributed by atoms with E-state index in [0.717, 1.165) is 6.42 Å². The third-order valence-corrected chi connectivity index (χ3v) is 9.12. The molecule has 31 heavy (non-hydrogen) atoms. The summed E-state index contributed by atoms with van der Waals surface area (Å²) in [6, 6.07) is 0. The lowest BCUT2D eigenvalue weighted by atomic mass is 9.38. The number of Topliss-reactive ketones (excluding diaryl/α,β-unsaturated/α-hetero) is 1. The number of esters is 2. The highest BCUT2D eigenvalue weighted by Gasteiger charge is 2.78. The Hall–Kier alpha value is -1.73. The largest absolute Gasteiger partial charge is 0.462 e. The van der Waals surface area contributed by atoms with E-state index in [9.17, 15) is 24.6 Å². The van der Waals surface area contributed by atoms with Gasteiger partial charge >= 0.3 is 11.9 Å². The van der Waals surface area contributed by atoms with Crippen LogP contribution < -0.4 is 0 Å². The zero-order valence-corrected chi connectivity index (χ0v) is 19.0. The Balaban J connectivity index is 1.97. The van der Waals surface area contributed by atoms with Crippen molar-refractivity contribution in [3.63, 3.8) is 0 Å². The summed E-state index contributed by atoms with van der Waals surface area (Å²) in [4.78, 5) is 37.7. The fourth-order valence-electron chi connectivity index (χ4n) is 8.04. The predicted octanol–water partition coefficient (Wildman–Crippen LogP) is 2.18. The van der Waals surface area contributed by atoms with Crippen molar-refractivity contribution in [2.24, 2.45) is 34.0 Å². The molecule has 1 spiro atoms. The standard InChI is InChI=1S/C24H34O7/c1-11-14-9-15(30-12(2)25)19-23(6)16(10-17(27)24(19,20(11)28)21(14)29)22(4,5)8-7-18(23)31-13(3)26/h14-19,21,27,29H,1,7-10H2,2-6H3/t14-,15-,16+,17+,18+,19+,21-,23-,24-/m0/s1. The Bertz CT molecular complexity index is 847. The maximum Gasteiger partial charge on any atom is 0.302 e. The molecule has 4 aliphatic carbocycles. The highest BCUT2D eigenvalue weighted by atomic mass is 16.6. The molecule has 9 atom stereocenters. The Morgan fingerprint density at radius 3 is 2.26 bits per heavy atom. The second-order valence-electron chi connectivity index (χ2n) is 11.0. The van der Waals surface area contributed by atoms with Gasteiger partial charge in [0.05, 0.1) is 17.6 Å². The molecule has 2 N–H and O–H groups in total. The highest BCUT2D eigenvalue weighted by Crippen LogP contribution is 2.71. The van der Waals surface area contributed by atoms with Crippen molar-refractivity contribution in [3.8, 4) is 0 Å². The van der Waals surface area contributed by atoms with Crippen LogP contribution in [0.15, 0.2) is 12.2 Å². The summed E-state index contributed by atoms with van der Waals surface area (Å²) in [5.41, 5.74) is -2.21. The van der Waals surface area contributed by atoms with Crippen LogP contribution in [0, 0.1) is 34.0 Å². The van der Waals surface area contributed by atoms with Gasteiger partial charge in [0, 0.05) is 31.1 Å². The lowest BCUT2D eigenvalue weighted by Crippen LogP contribution is -2.73. The van der Waals surface area contributed by atoms with Crippen molar-refractivity contribution in [3.05, 3.63) is 12.2 Å². The SMILES string of the molecule is C=C1C(=O)[C@]23[C@H](O)C[C@@H]4C(C)(C)CC[C@@H](OC(C)=O)[C@@]4(C)[C@H]2[C@@H](OC(C)=O)C[C@@H]1[C@@H]3O. The second-order valence-corrected chi connectivity index (χ2v) is 11.0. The van der Waals surface area contributed by atoms with Gasteiger partial charge in [-0.05, 0) is 42.6 Å². The fourth-order valence-corrected chi connectivity index (χ4v) is 8.04. The minimum atomic E-state index is -1.52. The van der Waals surface area contributed by atoms with Crippen LogP contribution in [0.5, 0.6) is 0 Å². The summed E-state index contributed by atoms with van der Waals surface area (Å²) in [6.45, 7) is 12.9. The van der Waals surface area contributed by atoms with Crippen molar-refractivity contribution in [2.75, 3.05) is 0 Å². The number of carbonyl (C=O) groups is 3. The minimum absolute atomic E-state index is 0.104. The van der Waals surface area contributed by atoms with Crippen LogP contribution in [-0.4, -0.2) is 52.4 Å². The Morgan fingerprint density at radius 1 is 1.06 bits per heavy atom. The zero-order chi connectivity index (χ0) is 23.1. The molecule has 4 aliphatic rings. The van der Waals surface area contributed by atoms with Crippen LogP contribution in [0.25, 0.3) is 0 Å². The van der Waals surface area contributed by atoms with E-state index in [4.69, 9.17) is 9.47 Å². The molecule has 0 saturated heterocycles. The second kappa shape index (κ2) is 6.88. The topological polar surface area (TPSA) is 110 Å². The van der Waals surface area contributed by atoms with Crippen molar-refractivity contribution in [1.82, 2.24) is 0 Å². The highest BCUT2D eigenvalue weighted by molar-refractivity contribution is 6.04. The quantitative estimate of drug-likeness (QED) is 0.506. The summed E-state index contributed by atoms with van der Waals surface area (Å²) in [6.07, 6.45) is -1.46. The molecule has 0 heterocycles. The Labute approximate surface area is 183 Å². The van der Waals surface area contributed by atoms with Gasteiger partial charge in [0.25, 0.3) is 0 Å².